The molecular formula is C15H22N4O2. The number of rotatable bonds is 3. The molecular weight excluding hydrogens is 268 g/mol. The largest absolute Gasteiger partial charge is 0.370 e. The molecule has 2 rings (SSSR count). The second kappa shape index (κ2) is 5.71. The highest BCUT2D eigenvalue weighted by Gasteiger charge is 2.43. The number of likely N-dealkylation sites (N-methyl/N-ethyl adjacent to an activating group) is 1. The van der Waals surface area contributed by atoms with Gasteiger partial charge in [-0.2, -0.15) is 0 Å². The van der Waals surface area contributed by atoms with Crippen LogP contribution in [0.2, 0.25) is 0 Å². The fraction of sp³-hybridized carbons (Fsp3) is 0.533. The van der Waals surface area contributed by atoms with E-state index in [4.69, 9.17) is 0 Å². The molecule has 0 aromatic carbocycles. The fourth-order valence-electron chi connectivity index (χ4n) is 2.53. The lowest BCUT2D eigenvalue weighted by atomic mass is 9.97. The van der Waals surface area contributed by atoms with Gasteiger partial charge in [-0.15, -0.1) is 0 Å². The third-order valence-electron chi connectivity index (χ3n) is 3.82. The molecule has 2 heterocycles. The van der Waals surface area contributed by atoms with Crippen LogP contribution in [0.4, 0.5) is 5.82 Å². The number of amides is 2. The van der Waals surface area contributed by atoms with Gasteiger partial charge in [0.1, 0.15) is 11.4 Å². The van der Waals surface area contributed by atoms with Crippen molar-refractivity contribution in [3.05, 3.63) is 23.9 Å². The topological polar surface area (TPSA) is 65.5 Å². The number of carbonyl (C=O) groups is 2. The minimum Gasteiger partial charge on any atom is -0.370 e. The molecule has 0 saturated carbocycles. The average molecular weight is 290 g/mol. The van der Waals surface area contributed by atoms with Crippen LogP contribution >= 0.6 is 0 Å². The van der Waals surface area contributed by atoms with Crippen LogP contribution in [-0.2, 0) is 4.79 Å². The van der Waals surface area contributed by atoms with E-state index in [2.05, 4.69) is 10.3 Å². The highest BCUT2D eigenvalue weighted by Crippen LogP contribution is 2.24. The summed E-state index contributed by atoms with van der Waals surface area (Å²) in [5.41, 5.74) is -0.327. The highest BCUT2D eigenvalue weighted by molar-refractivity contribution is 5.99. The summed E-state index contributed by atoms with van der Waals surface area (Å²) in [6.45, 7) is 7.41. The number of hydrogen-bond acceptors (Lipinski definition) is 4. The first-order valence-electron chi connectivity index (χ1n) is 7.15. The van der Waals surface area contributed by atoms with E-state index in [-0.39, 0.29) is 11.8 Å². The molecule has 0 bridgehead atoms. The molecule has 1 aromatic rings. The SMILES string of the molecule is CCNc1ccc(C(=O)N2CCN(C)C(=O)C2(C)C)cn1. The van der Waals surface area contributed by atoms with Gasteiger partial charge in [0.15, 0.2) is 0 Å². The van der Waals surface area contributed by atoms with Crippen LogP contribution < -0.4 is 5.32 Å². The standard InChI is InChI=1S/C15H22N4O2/c1-5-16-12-7-6-11(10-17-12)13(20)19-9-8-18(4)14(21)15(19,2)3/h6-7,10H,5,8-9H2,1-4H3,(H,16,17). The third kappa shape index (κ3) is 2.84. The van der Waals surface area contributed by atoms with Gasteiger partial charge in [-0.05, 0) is 32.9 Å². The minimum absolute atomic E-state index is 0.0423. The van der Waals surface area contributed by atoms with E-state index >= 15 is 0 Å². The van der Waals surface area contributed by atoms with Crippen LogP contribution in [0.15, 0.2) is 18.3 Å². The molecule has 21 heavy (non-hydrogen) atoms. The molecule has 1 aromatic heterocycles. The summed E-state index contributed by atoms with van der Waals surface area (Å²) < 4.78 is 0. The number of anilines is 1. The Morgan fingerprint density at radius 2 is 2.10 bits per heavy atom. The van der Waals surface area contributed by atoms with Crippen LogP contribution in [0, 0.1) is 0 Å². The zero-order valence-electron chi connectivity index (χ0n) is 13.0. The molecule has 0 unspecified atom stereocenters. The molecule has 1 fully saturated rings. The zero-order chi connectivity index (χ0) is 15.6. The Balaban J connectivity index is 2.21. The summed E-state index contributed by atoms with van der Waals surface area (Å²) in [6.07, 6.45) is 1.55. The summed E-state index contributed by atoms with van der Waals surface area (Å²) in [6, 6.07) is 3.52. The van der Waals surface area contributed by atoms with Crippen molar-refractivity contribution in [2.75, 3.05) is 32.0 Å². The van der Waals surface area contributed by atoms with Crippen molar-refractivity contribution in [2.24, 2.45) is 0 Å². The highest BCUT2D eigenvalue weighted by atomic mass is 16.2. The van der Waals surface area contributed by atoms with Crippen LogP contribution in [0.25, 0.3) is 0 Å². The molecule has 114 valence electrons. The molecule has 1 aliphatic heterocycles. The Morgan fingerprint density at radius 1 is 1.38 bits per heavy atom. The third-order valence-corrected chi connectivity index (χ3v) is 3.82. The molecule has 1 N–H and O–H groups in total. The predicted molar refractivity (Wildman–Crippen MR) is 81.2 cm³/mol. The summed E-state index contributed by atoms with van der Waals surface area (Å²) in [7, 11) is 1.76. The van der Waals surface area contributed by atoms with Gasteiger partial charge in [-0.25, -0.2) is 4.98 Å². The Kier molecular flexibility index (Phi) is 4.16. The first-order chi connectivity index (χ1) is 9.87. The van der Waals surface area contributed by atoms with Crippen LogP contribution in [0.5, 0.6) is 0 Å². The molecule has 6 nitrogen and oxygen atoms in total. The van der Waals surface area contributed by atoms with Gasteiger partial charge < -0.3 is 15.1 Å². The summed E-state index contributed by atoms with van der Waals surface area (Å²) in [4.78, 5) is 32.4. The van der Waals surface area contributed by atoms with Gasteiger partial charge in [0.05, 0.1) is 5.56 Å². The van der Waals surface area contributed by atoms with Gasteiger partial charge in [0.2, 0.25) is 5.91 Å². The number of nitrogens with zero attached hydrogens (tertiary/aromatic N) is 3. The average Bonchev–Trinajstić information content (AvgIpc) is 2.45. The lowest BCUT2D eigenvalue weighted by Crippen LogP contribution is -2.63. The number of hydrogen-bond donors (Lipinski definition) is 1. The smallest absolute Gasteiger partial charge is 0.256 e. The van der Waals surface area contributed by atoms with E-state index in [1.807, 2.05) is 6.92 Å². The number of carbonyl (C=O) groups excluding carboxylic acids is 2. The van der Waals surface area contributed by atoms with E-state index in [0.29, 0.717) is 18.7 Å². The molecule has 1 saturated heterocycles. The Morgan fingerprint density at radius 3 is 2.67 bits per heavy atom. The van der Waals surface area contributed by atoms with Gasteiger partial charge in [0.25, 0.3) is 5.91 Å². The Bertz CT molecular complexity index is 539. The normalized spacial score (nSPS) is 17.8. The molecule has 0 radical (unpaired) electrons. The van der Waals surface area contributed by atoms with Crippen molar-refractivity contribution in [1.82, 2.24) is 14.8 Å². The van der Waals surface area contributed by atoms with Gasteiger partial charge >= 0.3 is 0 Å². The maximum absolute atomic E-state index is 12.6. The Labute approximate surface area is 125 Å². The molecule has 1 aliphatic rings. The maximum atomic E-state index is 12.6. The zero-order valence-corrected chi connectivity index (χ0v) is 13.0. The first-order valence-corrected chi connectivity index (χ1v) is 7.15. The quantitative estimate of drug-likeness (QED) is 0.908. The van der Waals surface area contributed by atoms with Crippen LogP contribution in [0.3, 0.4) is 0 Å². The molecule has 0 aliphatic carbocycles. The van der Waals surface area contributed by atoms with Gasteiger partial charge in [-0.1, -0.05) is 0 Å². The number of aromatic nitrogens is 1. The van der Waals surface area contributed by atoms with Crippen molar-refractivity contribution < 1.29 is 9.59 Å². The molecule has 6 heteroatoms. The van der Waals surface area contributed by atoms with E-state index < -0.39 is 5.54 Å². The predicted octanol–water partition coefficient (Wildman–Crippen LogP) is 1.21. The second-order valence-corrected chi connectivity index (χ2v) is 5.70. The van der Waals surface area contributed by atoms with Crippen LogP contribution in [-0.4, -0.2) is 58.8 Å². The van der Waals surface area contributed by atoms with E-state index in [1.54, 1.807) is 49.0 Å². The second-order valence-electron chi connectivity index (χ2n) is 5.70. The van der Waals surface area contributed by atoms with E-state index in [1.165, 1.54) is 0 Å². The molecule has 0 spiro atoms. The van der Waals surface area contributed by atoms with E-state index in [9.17, 15) is 9.59 Å². The van der Waals surface area contributed by atoms with Crippen molar-refractivity contribution in [2.45, 2.75) is 26.3 Å². The molecule has 0 atom stereocenters. The van der Waals surface area contributed by atoms with Gasteiger partial charge in [0, 0.05) is 32.9 Å². The Hall–Kier alpha value is -2.11. The number of piperazine rings is 1. The van der Waals surface area contributed by atoms with Crippen molar-refractivity contribution in [3.8, 4) is 0 Å². The lowest BCUT2D eigenvalue weighted by Gasteiger charge is -2.44. The summed E-state index contributed by atoms with van der Waals surface area (Å²) in [5, 5.41) is 3.09. The number of pyridine rings is 1. The number of nitrogens with one attached hydrogen (secondary N) is 1. The summed E-state index contributed by atoms with van der Waals surface area (Å²) >= 11 is 0. The molecule has 2 amide bonds. The van der Waals surface area contributed by atoms with Crippen molar-refractivity contribution in [3.63, 3.8) is 0 Å². The maximum Gasteiger partial charge on any atom is 0.256 e. The van der Waals surface area contributed by atoms with Gasteiger partial charge in [-0.3, -0.25) is 9.59 Å². The van der Waals surface area contributed by atoms with Crippen LogP contribution in [0.1, 0.15) is 31.1 Å². The minimum atomic E-state index is -0.829. The fourth-order valence-corrected chi connectivity index (χ4v) is 2.53. The monoisotopic (exact) mass is 290 g/mol. The summed E-state index contributed by atoms with van der Waals surface area (Å²) in [5.74, 6) is 0.541. The van der Waals surface area contributed by atoms with E-state index in [0.717, 1.165) is 12.4 Å². The lowest BCUT2D eigenvalue weighted by molar-refractivity contribution is -0.144. The van der Waals surface area contributed by atoms with Crippen molar-refractivity contribution in [1.29, 1.82) is 0 Å². The van der Waals surface area contributed by atoms with Crippen molar-refractivity contribution >= 4 is 17.6 Å². The first kappa shape index (κ1) is 15.3.